The Hall–Kier alpha value is 0.940. The molecule has 0 aliphatic carbocycles. The van der Waals surface area contributed by atoms with Gasteiger partial charge in [0.25, 0.3) is 0 Å². The van der Waals surface area contributed by atoms with Crippen LogP contribution in [0.2, 0.25) is 0 Å². The minimum atomic E-state index is -1.16. The van der Waals surface area contributed by atoms with E-state index in [1.54, 1.807) is 12.1 Å². The van der Waals surface area contributed by atoms with Crippen molar-refractivity contribution in [3.8, 4) is 5.75 Å². The van der Waals surface area contributed by atoms with Crippen molar-refractivity contribution in [2.24, 2.45) is 0 Å². The van der Waals surface area contributed by atoms with E-state index in [1.807, 2.05) is 18.2 Å². The summed E-state index contributed by atoms with van der Waals surface area (Å²) in [6.07, 6.45) is -1.16. The number of benzene rings is 1. The van der Waals surface area contributed by atoms with Crippen LogP contribution in [0.15, 0.2) is 30.3 Å². The molecule has 5 heteroatoms. The van der Waals surface area contributed by atoms with Gasteiger partial charge in [0.2, 0.25) is 0 Å². The van der Waals surface area contributed by atoms with Crippen molar-refractivity contribution >= 4 is 0 Å². The standard InChI is InChI=1S/C9H10O3.2Na/c10-6-8(11)7-12-9-4-2-1-3-5-9;;/h1-5,8H,6-7H2;;/q-2;2*+1. The average molecular weight is 212 g/mol. The van der Waals surface area contributed by atoms with E-state index in [1.165, 1.54) is 0 Å². The van der Waals surface area contributed by atoms with Gasteiger partial charge in [-0.1, -0.05) is 18.2 Å². The molecule has 0 aliphatic rings. The molecule has 0 saturated carbocycles. The summed E-state index contributed by atoms with van der Waals surface area (Å²) in [6, 6.07) is 8.98. The number of rotatable bonds is 4. The smallest absolute Gasteiger partial charge is 0.855 e. The van der Waals surface area contributed by atoms with Crippen LogP contribution in [0.5, 0.6) is 5.75 Å². The van der Waals surface area contributed by atoms with Crippen molar-refractivity contribution in [1.82, 2.24) is 0 Å². The maximum absolute atomic E-state index is 10.6. The van der Waals surface area contributed by atoms with E-state index in [-0.39, 0.29) is 65.7 Å². The zero-order chi connectivity index (χ0) is 8.81. The molecule has 0 bridgehead atoms. The molecule has 0 heterocycles. The Morgan fingerprint density at radius 1 is 1.14 bits per heavy atom. The van der Waals surface area contributed by atoms with Gasteiger partial charge in [-0.25, -0.2) is 0 Å². The van der Waals surface area contributed by atoms with Crippen molar-refractivity contribution in [2.45, 2.75) is 6.10 Å². The van der Waals surface area contributed by atoms with Crippen LogP contribution in [0.3, 0.4) is 0 Å². The largest absolute Gasteiger partial charge is 1.00 e. The van der Waals surface area contributed by atoms with Crippen LogP contribution in [-0.4, -0.2) is 19.3 Å². The number of hydrogen-bond acceptors (Lipinski definition) is 3. The minimum absolute atomic E-state index is 0. The van der Waals surface area contributed by atoms with Crippen LogP contribution in [0, 0.1) is 0 Å². The van der Waals surface area contributed by atoms with Crippen molar-refractivity contribution in [3.05, 3.63) is 30.3 Å². The Bertz CT molecular complexity index is 219. The van der Waals surface area contributed by atoms with Crippen molar-refractivity contribution in [3.63, 3.8) is 0 Å². The molecule has 0 spiro atoms. The molecule has 1 rings (SSSR count). The fourth-order valence-electron chi connectivity index (χ4n) is 0.754. The first-order chi connectivity index (χ1) is 5.83. The summed E-state index contributed by atoms with van der Waals surface area (Å²) in [6.45, 7) is -0.680. The maximum atomic E-state index is 10.6. The Kier molecular flexibility index (Phi) is 13.0. The van der Waals surface area contributed by atoms with Crippen LogP contribution < -0.4 is 74.1 Å². The Morgan fingerprint density at radius 3 is 2.21 bits per heavy atom. The van der Waals surface area contributed by atoms with Gasteiger partial charge in [0, 0.05) is 0 Å². The monoisotopic (exact) mass is 212 g/mol. The molecular weight excluding hydrogens is 202 g/mol. The molecule has 0 saturated heterocycles. The molecule has 66 valence electrons. The van der Waals surface area contributed by atoms with Crippen molar-refractivity contribution in [1.29, 1.82) is 0 Å². The molecule has 1 atom stereocenters. The molecule has 0 aliphatic heterocycles. The molecule has 3 nitrogen and oxygen atoms in total. The normalized spacial score (nSPS) is 10.7. The Morgan fingerprint density at radius 2 is 1.71 bits per heavy atom. The van der Waals surface area contributed by atoms with Gasteiger partial charge in [0.15, 0.2) is 0 Å². The van der Waals surface area contributed by atoms with Crippen LogP contribution in [0.4, 0.5) is 0 Å². The molecule has 0 aromatic heterocycles. The van der Waals surface area contributed by atoms with E-state index in [9.17, 15) is 10.2 Å². The van der Waals surface area contributed by atoms with Gasteiger partial charge in [0.05, 0.1) is 6.61 Å². The first-order valence-electron chi connectivity index (χ1n) is 3.74. The van der Waals surface area contributed by atoms with Gasteiger partial charge in [0.1, 0.15) is 5.75 Å². The van der Waals surface area contributed by atoms with E-state index in [4.69, 9.17) is 4.74 Å². The second-order valence-corrected chi connectivity index (χ2v) is 2.41. The van der Waals surface area contributed by atoms with Crippen molar-refractivity contribution in [2.75, 3.05) is 13.2 Å². The zero-order valence-corrected chi connectivity index (χ0v) is 12.6. The summed E-state index contributed by atoms with van der Waals surface area (Å²) >= 11 is 0. The predicted octanol–water partition coefficient (Wildman–Crippen LogP) is -6.84. The van der Waals surface area contributed by atoms with Gasteiger partial charge in [-0.15, -0.1) is 12.7 Å². The van der Waals surface area contributed by atoms with Crippen LogP contribution in [0.1, 0.15) is 0 Å². The molecule has 1 aromatic rings. The second kappa shape index (κ2) is 10.5. The van der Waals surface area contributed by atoms with E-state index in [0.29, 0.717) is 5.75 Å². The molecule has 0 N–H and O–H groups in total. The summed E-state index contributed by atoms with van der Waals surface area (Å²) < 4.78 is 5.05. The van der Waals surface area contributed by atoms with Crippen LogP contribution >= 0.6 is 0 Å². The summed E-state index contributed by atoms with van der Waals surface area (Å²) in [5.41, 5.74) is 0. The number of ether oxygens (including phenoxy) is 1. The van der Waals surface area contributed by atoms with Gasteiger partial charge < -0.3 is 14.9 Å². The summed E-state index contributed by atoms with van der Waals surface area (Å²) in [7, 11) is 0. The minimum Gasteiger partial charge on any atom is -0.855 e. The molecule has 1 unspecified atom stereocenters. The second-order valence-electron chi connectivity index (χ2n) is 2.41. The fraction of sp³-hybridized carbons (Fsp3) is 0.333. The fourth-order valence-corrected chi connectivity index (χ4v) is 0.754. The Balaban J connectivity index is 0. The first-order valence-corrected chi connectivity index (χ1v) is 3.74. The SMILES string of the molecule is [Na+].[Na+].[O-]CC([O-])COc1ccccc1. The van der Waals surface area contributed by atoms with E-state index in [2.05, 4.69) is 0 Å². The predicted molar refractivity (Wildman–Crippen MR) is 40.6 cm³/mol. The van der Waals surface area contributed by atoms with E-state index < -0.39 is 12.7 Å². The molecule has 14 heavy (non-hydrogen) atoms. The first kappa shape index (κ1) is 17.3. The Labute approximate surface area is 128 Å². The van der Waals surface area contributed by atoms with E-state index >= 15 is 0 Å². The molecular formula is C9H10Na2O3. The molecule has 0 amide bonds. The molecule has 1 aromatic carbocycles. The van der Waals surface area contributed by atoms with Crippen LogP contribution in [0.25, 0.3) is 0 Å². The average Bonchev–Trinajstić information content (AvgIpc) is 2.16. The molecule has 0 radical (unpaired) electrons. The summed E-state index contributed by atoms with van der Waals surface area (Å²) in [5.74, 6) is 0.631. The summed E-state index contributed by atoms with van der Waals surface area (Å²) in [5, 5.41) is 20.7. The third-order valence-corrected chi connectivity index (χ3v) is 1.36. The number of hydrogen-bond donors (Lipinski definition) is 0. The topological polar surface area (TPSA) is 55.3 Å². The van der Waals surface area contributed by atoms with Gasteiger partial charge >= 0.3 is 59.1 Å². The number of para-hydroxylation sites is 1. The van der Waals surface area contributed by atoms with Crippen LogP contribution in [-0.2, 0) is 0 Å². The zero-order valence-electron chi connectivity index (χ0n) is 8.60. The maximum Gasteiger partial charge on any atom is 1.00 e. The third-order valence-electron chi connectivity index (χ3n) is 1.36. The van der Waals surface area contributed by atoms with Gasteiger partial charge in [-0.2, -0.15) is 0 Å². The quantitative estimate of drug-likeness (QED) is 0.466. The van der Waals surface area contributed by atoms with E-state index in [0.717, 1.165) is 0 Å². The van der Waals surface area contributed by atoms with Gasteiger partial charge in [-0.3, -0.25) is 0 Å². The van der Waals surface area contributed by atoms with Gasteiger partial charge in [-0.05, 0) is 12.1 Å². The third kappa shape index (κ3) is 7.26. The van der Waals surface area contributed by atoms with Crippen molar-refractivity contribution < 1.29 is 74.1 Å². The molecule has 0 fully saturated rings. The summed E-state index contributed by atoms with van der Waals surface area (Å²) in [4.78, 5) is 0.